The predicted octanol–water partition coefficient (Wildman–Crippen LogP) is 1.05. The molecule has 2 unspecified atom stereocenters. The summed E-state index contributed by atoms with van der Waals surface area (Å²) < 4.78 is 28.1. The van der Waals surface area contributed by atoms with Gasteiger partial charge < -0.3 is 14.8 Å². The van der Waals surface area contributed by atoms with Crippen LogP contribution in [-0.4, -0.2) is 43.4 Å². The smallest absolute Gasteiger partial charge is 0.408 e. The van der Waals surface area contributed by atoms with Gasteiger partial charge in [-0.25, -0.2) is 13.2 Å². The lowest BCUT2D eigenvalue weighted by molar-refractivity contribution is -0.113. The fourth-order valence-corrected chi connectivity index (χ4v) is 3.30. The van der Waals surface area contributed by atoms with Gasteiger partial charge in [0.1, 0.15) is 27.3 Å². The topological polar surface area (TPSA) is 89.5 Å². The third-order valence-corrected chi connectivity index (χ3v) is 4.70. The molecule has 1 saturated carbocycles. The minimum absolute atomic E-state index is 0.106. The molecule has 1 N–H and O–H groups in total. The number of hydrogen-bond acceptors (Lipinski definition) is 5. The third-order valence-electron chi connectivity index (χ3n) is 3.09. The van der Waals surface area contributed by atoms with Gasteiger partial charge in [0.2, 0.25) is 0 Å². The van der Waals surface area contributed by atoms with E-state index in [-0.39, 0.29) is 6.42 Å². The zero-order valence-corrected chi connectivity index (χ0v) is 12.5. The Bertz CT molecular complexity index is 465. The van der Waals surface area contributed by atoms with Gasteiger partial charge in [-0.1, -0.05) is 0 Å². The third kappa shape index (κ3) is 4.49. The molecule has 1 fully saturated rings. The quantitative estimate of drug-likeness (QED) is 0.785. The van der Waals surface area contributed by atoms with Crippen molar-refractivity contribution in [1.29, 1.82) is 0 Å². The second-order valence-corrected chi connectivity index (χ2v) is 8.42. The number of carbonyl (C=O) groups is 2. The van der Waals surface area contributed by atoms with Crippen LogP contribution in [0.2, 0.25) is 0 Å². The lowest BCUT2D eigenvalue weighted by Gasteiger charge is -2.27. The Kier molecular flexibility index (Phi) is 4.29. The van der Waals surface area contributed by atoms with Gasteiger partial charge >= 0.3 is 6.09 Å². The Morgan fingerprint density at radius 2 is 2.00 bits per heavy atom. The summed E-state index contributed by atoms with van der Waals surface area (Å²) in [4.78, 5) is 22.9. The van der Waals surface area contributed by atoms with E-state index in [4.69, 9.17) is 4.74 Å². The molecule has 0 bridgehead atoms. The maximum Gasteiger partial charge on any atom is 0.408 e. The Morgan fingerprint density at radius 1 is 1.42 bits per heavy atom. The van der Waals surface area contributed by atoms with Gasteiger partial charge in [-0.2, -0.15) is 0 Å². The lowest BCUT2D eigenvalue weighted by Crippen LogP contribution is -2.50. The van der Waals surface area contributed by atoms with E-state index < -0.39 is 32.3 Å². The number of nitrogens with one attached hydrogen (secondary N) is 1. The Balaban J connectivity index is 2.75. The molecule has 0 radical (unpaired) electrons. The molecule has 1 rings (SSSR count). The van der Waals surface area contributed by atoms with E-state index in [1.165, 1.54) is 0 Å². The molecule has 1 amide bonds. The monoisotopic (exact) mass is 291 g/mol. The number of hydrogen-bond donors (Lipinski definition) is 1. The molecule has 0 saturated heterocycles. The highest BCUT2D eigenvalue weighted by Gasteiger charge is 2.44. The maximum absolute atomic E-state index is 11.7. The van der Waals surface area contributed by atoms with E-state index in [0.717, 1.165) is 6.26 Å². The summed E-state index contributed by atoms with van der Waals surface area (Å²) in [5, 5.41) is 1.92. The van der Waals surface area contributed by atoms with E-state index in [9.17, 15) is 18.0 Å². The van der Waals surface area contributed by atoms with Crippen molar-refractivity contribution in [2.45, 2.75) is 56.4 Å². The van der Waals surface area contributed by atoms with Crippen LogP contribution in [0.4, 0.5) is 4.79 Å². The number of amides is 1. The second-order valence-electron chi connectivity index (χ2n) is 6.10. The van der Waals surface area contributed by atoms with Gasteiger partial charge in [-0.3, -0.25) is 0 Å². The molecular formula is C12H21NO5S. The van der Waals surface area contributed by atoms with Crippen molar-refractivity contribution in [3.8, 4) is 0 Å². The van der Waals surface area contributed by atoms with E-state index in [1.807, 2.05) is 0 Å². The van der Waals surface area contributed by atoms with Crippen molar-refractivity contribution >= 4 is 22.2 Å². The highest BCUT2D eigenvalue weighted by atomic mass is 32.2. The molecule has 0 aromatic heterocycles. The number of alkyl carbamates (subject to hydrolysis) is 1. The molecule has 0 aliphatic heterocycles. The second kappa shape index (κ2) is 5.11. The normalized spacial score (nSPS) is 27.9. The summed E-state index contributed by atoms with van der Waals surface area (Å²) in [6.45, 7) is 5.15. The van der Waals surface area contributed by atoms with Crippen LogP contribution < -0.4 is 5.32 Å². The number of carbonyl (C=O) groups excluding carboxylic acids is 2. The first-order chi connectivity index (χ1) is 8.47. The lowest BCUT2D eigenvalue weighted by atomic mass is 10.0. The first-order valence-corrected chi connectivity index (χ1v) is 8.09. The average molecular weight is 291 g/mol. The van der Waals surface area contributed by atoms with Crippen molar-refractivity contribution in [2.24, 2.45) is 0 Å². The van der Waals surface area contributed by atoms with E-state index >= 15 is 0 Å². The summed E-state index contributed by atoms with van der Waals surface area (Å²) in [5.41, 5.74) is -1.79. The van der Waals surface area contributed by atoms with Crippen LogP contribution in [-0.2, 0) is 19.4 Å². The minimum Gasteiger partial charge on any atom is -0.444 e. The zero-order valence-electron chi connectivity index (χ0n) is 11.7. The summed E-state index contributed by atoms with van der Waals surface area (Å²) >= 11 is 0. The van der Waals surface area contributed by atoms with Gasteiger partial charge in [0, 0.05) is 6.26 Å². The SMILES string of the molecule is CC(C)(C)OC(=O)NC1(C=O)CCC(S(C)(=O)=O)C1. The number of aldehydes is 1. The van der Waals surface area contributed by atoms with Crippen LogP contribution in [0.25, 0.3) is 0 Å². The molecule has 0 aromatic rings. The van der Waals surface area contributed by atoms with Crippen LogP contribution in [0.1, 0.15) is 40.0 Å². The van der Waals surface area contributed by atoms with E-state index in [2.05, 4.69) is 5.32 Å². The molecule has 19 heavy (non-hydrogen) atoms. The maximum atomic E-state index is 11.7. The van der Waals surface area contributed by atoms with E-state index in [1.54, 1.807) is 20.8 Å². The van der Waals surface area contributed by atoms with Crippen LogP contribution in [0.5, 0.6) is 0 Å². The molecular weight excluding hydrogens is 270 g/mol. The summed E-state index contributed by atoms with van der Waals surface area (Å²) in [6, 6.07) is 0. The standard InChI is InChI=1S/C12H21NO5S/c1-11(2,3)18-10(15)13-12(8-14)6-5-9(7-12)19(4,16)17/h8-9H,5-7H2,1-4H3,(H,13,15). The summed E-state index contributed by atoms with van der Waals surface area (Å²) in [5.74, 6) is 0. The van der Waals surface area contributed by atoms with Gasteiger partial charge in [-0.05, 0) is 40.0 Å². The van der Waals surface area contributed by atoms with Gasteiger partial charge in [0.15, 0.2) is 0 Å². The van der Waals surface area contributed by atoms with Crippen LogP contribution in [0.15, 0.2) is 0 Å². The molecule has 2 atom stereocenters. The highest BCUT2D eigenvalue weighted by Crippen LogP contribution is 2.32. The average Bonchev–Trinajstić information content (AvgIpc) is 2.59. The first kappa shape index (κ1) is 15.9. The predicted molar refractivity (Wildman–Crippen MR) is 70.6 cm³/mol. The van der Waals surface area contributed by atoms with Crippen LogP contribution in [0.3, 0.4) is 0 Å². The van der Waals surface area contributed by atoms with Gasteiger partial charge in [-0.15, -0.1) is 0 Å². The van der Waals surface area contributed by atoms with Gasteiger partial charge in [0.05, 0.1) is 5.25 Å². The van der Waals surface area contributed by atoms with Gasteiger partial charge in [0.25, 0.3) is 0 Å². The number of rotatable bonds is 3. The Hall–Kier alpha value is -1.11. The fraction of sp³-hybridized carbons (Fsp3) is 0.833. The summed E-state index contributed by atoms with van der Waals surface area (Å²) in [7, 11) is -3.21. The molecule has 1 aliphatic rings. The number of sulfone groups is 1. The van der Waals surface area contributed by atoms with Crippen LogP contribution in [0, 0.1) is 0 Å². The zero-order chi connectivity index (χ0) is 14.9. The molecule has 0 spiro atoms. The first-order valence-electron chi connectivity index (χ1n) is 6.14. The number of ether oxygens (including phenoxy) is 1. The van der Waals surface area contributed by atoms with Crippen molar-refractivity contribution in [1.82, 2.24) is 5.32 Å². The van der Waals surface area contributed by atoms with Crippen molar-refractivity contribution < 1.29 is 22.7 Å². The molecule has 110 valence electrons. The minimum atomic E-state index is -3.21. The molecule has 0 aromatic carbocycles. The molecule has 7 heteroatoms. The molecule has 1 aliphatic carbocycles. The van der Waals surface area contributed by atoms with Crippen LogP contribution >= 0.6 is 0 Å². The molecule has 6 nitrogen and oxygen atoms in total. The molecule has 0 heterocycles. The summed E-state index contributed by atoms with van der Waals surface area (Å²) in [6.07, 6.45) is 1.84. The van der Waals surface area contributed by atoms with Crippen molar-refractivity contribution in [3.05, 3.63) is 0 Å². The Labute approximate surface area is 113 Å². The Morgan fingerprint density at radius 3 is 2.37 bits per heavy atom. The largest absolute Gasteiger partial charge is 0.444 e. The van der Waals surface area contributed by atoms with Crippen molar-refractivity contribution in [3.63, 3.8) is 0 Å². The van der Waals surface area contributed by atoms with Crippen molar-refractivity contribution in [2.75, 3.05) is 6.26 Å². The fourth-order valence-electron chi connectivity index (χ4n) is 2.15. The highest BCUT2D eigenvalue weighted by molar-refractivity contribution is 7.91. The van der Waals surface area contributed by atoms with E-state index in [0.29, 0.717) is 19.1 Å².